The number of fused-ring (bicyclic) bond motifs is 1. The molecule has 240 valence electrons. The maximum absolute atomic E-state index is 13.0. The molecule has 0 unspecified atom stereocenters. The van der Waals surface area contributed by atoms with Crippen LogP contribution in [0.5, 0.6) is 11.5 Å². The Hall–Kier alpha value is -3.54. The maximum Gasteiger partial charge on any atom is 0.407 e. The number of anilines is 1. The second-order valence-electron chi connectivity index (χ2n) is 11.7. The van der Waals surface area contributed by atoms with Crippen molar-refractivity contribution in [2.45, 2.75) is 37.9 Å². The first-order valence-electron chi connectivity index (χ1n) is 15.5. The molecule has 3 aliphatic rings. The molecule has 3 atom stereocenters. The molecule has 3 aliphatic heterocycles. The Bertz CT molecular complexity index is 1240. The first-order chi connectivity index (χ1) is 21.5. The van der Waals surface area contributed by atoms with E-state index in [1.165, 1.54) is 4.90 Å². The van der Waals surface area contributed by atoms with Crippen molar-refractivity contribution in [1.82, 2.24) is 10.2 Å². The lowest BCUT2D eigenvalue weighted by atomic mass is 9.78. The number of hydrogen-bond donors (Lipinski definition) is 2. The van der Waals surface area contributed by atoms with E-state index in [1.54, 1.807) is 14.2 Å². The first kappa shape index (κ1) is 31.9. The van der Waals surface area contributed by atoms with Gasteiger partial charge in [0.05, 0.1) is 38.6 Å². The Morgan fingerprint density at radius 3 is 2.57 bits per heavy atom. The number of hydrogen-bond acceptors (Lipinski definition) is 8. The van der Waals surface area contributed by atoms with Crippen LogP contribution in [0.25, 0.3) is 0 Å². The molecule has 2 N–H and O–H groups in total. The number of likely N-dealkylation sites (tertiary alicyclic amines) is 1. The summed E-state index contributed by atoms with van der Waals surface area (Å²) in [7, 11) is 3.34. The minimum Gasteiger partial charge on any atom is -0.497 e. The van der Waals surface area contributed by atoms with Crippen LogP contribution in [0.15, 0.2) is 42.5 Å². The summed E-state index contributed by atoms with van der Waals surface area (Å²) < 4.78 is 28.6. The zero-order chi connectivity index (χ0) is 30.9. The third kappa shape index (κ3) is 7.94. The zero-order valence-corrected chi connectivity index (χ0v) is 25.7. The average molecular weight is 612 g/mol. The van der Waals surface area contributed by atoms with Crippen LogP contribution in [0.1, 0.15) is 36.3 Å². The van der Waals surface area contributed by atoms with Crippen molar-refractivity contribution >= 4 is 17.7 Å². The van der Waals surface area contributed by atoms with E-state index in [9.17, 15) is 14.7 Å². The largest absolute Gasteiger partial charge is 0.497 e. The molecule has 2 saturated heterocycles. The second kappa shape index (κ2) is 15.5. The van der Waals surface area contributed by atoms with Gasteiger partial charge in [0.15, 0.2) is 0 Å². The Balaban J connectivity index is 1.35. The van der Waals surface area contributed by atoms with Gasteiger partial charge in [-0.05, 0) is 54.7 Å². The van der Waals surface area contributed by atoms with E-state index in [-0.39, 0.29) is 30.2 Å². The quantitative estimate of drug-likeness (QED) is 0.346. The van der Waals surface area contributed by atoms with Crippen LogP contribution >= 0.6 is 0 Å². The van der Waals surface area contributed by atoms with Gasteiger partial charge in [-0.25, -0.2) is 4.79 Å². The van der Waals surface area contributed by atoms with Crippen molar-refractivity contribution in [2.24, 2.45) is 11.8 Å². The lowest BCUT2D eigenvalue weighted by Gasteiger charge is -2.43. The Morgan fingerprint density at radius 2 is 1.84 bits per heavy atom. The van der Waals surface area contributed by atoms with E-state index < -0.39 is 12.2 Å². The number of carbonyl (C=O) groups is 2. The molecule has 0 radical (unpaired) electrons. The normalized spacial score (nSPS) is 22.2. The van der Waals surface area contributed by atoms with Crippen molar-refractivity contribution in [2.75, 3.05) is 78.3 Å². The van der Waals surface area contributed by atoms with Gasteiger partial charge in [-0.15, -0.1) is 0 Å². The maximum atomic E-state index is 13.0. The third-order valence-corrected chi connectivity index (χ3v) is 8.89. The molecule has 0 spiro atoms. The SMILES string of the molecule is COCCCN1CCOc2ccc(CO[C@H]3CN(C(=O)O)C[C@@H](CNC(=O)C4CCOCC4)[C@@H]3c3ccc(OC)cc3)cc21. The fourth-order valence-corrected chi connectivity index (χ4v) is 6.50. The van der Waals surface area contributed by atoms with Gasteiger partial charge in [-0.3, -0.25) is 4.79 Å². The summed E-state index contributed by atoms with van der Waals surface area (Å²) in [6.07, 6.45) is 0.885. The fourth-order valence-electron chi connectivity index (χ4n) is 6.50. The molecule has 2 aromatic carbocycles. The van der Waals surface area contributed by atoms with E-state index in [2.05, 4.69) is 16.3 Å². The highest BCUT2D eigenvalue weighted by molar-refractivity contribution is 5.78. The summed E-state index contributed by atoms with van der Waals surface area (Å²) in [6.45, 7) is 5.36. The topological polar surface area (TPSA) is 119 Å². The molecular formula is C33H45N3O8. The van der Waals surface area contributed by atoms with E-state index in [4.69, 9.17) is 23.7 Å². The number of carbonyl (C=O) groups excluding carboxylic acids is 1. The minimum atomic E-state index is -0.995. The van der Waals surface area contributed by atoms with Gasteiger partial charge in [0.2, 0.25) is 5.91 Å². The molecular weight excluding hydrogens is 566 g/mol. The number of carboxylic acid groups (broad SMARTS) is 1. The van der Waals surface area contributed by atoms with Gasteiger partial charge < -0.3 is 43.9 Å². The number of methoxy groups -OCH3 is 2. The fraction of sp³-hybridized carbons (Fsp3) is 0.576. The van der Waals surface area contributed by atoms with E-state index >= 15 is 0 Å². The monoisotopic (exact) mass is 611 g/mol. The number of piperidine rings is 1. The Labute approximate surface area is 259 Å². The molecule has 5 rings (SSSR count). The molecule has 3 heterocycles. The lowest BCUT2D eigenvalue weighted by molar-refractivity contribution is -0.128. The number of benzene rings is 2. The lowest BCUT2D eigenvalue weighted by Crippen LogP contribution is -2.54. The molecule has 2 aromatic rings. The van der Waals surface area contributed by atoms with Gasteiger partial charge in [-0.1, -0.05) is 18.2 Å². The molecule has 0 aromatic heterocycles. The van der Waals surface area contributed by atoms with Gasteiger partial charge >= 0.3 is 6.09 Å². The number of rotatable bonds is 12. The summed E-state index contributed by atoms with van der Waals surface area (Å²) in [5, 5.41) is 13.2. The summed E-state index contributed by atoms with van der Waals surface area (Å²) >= 11 is 0. The van der Waals surface area contributed by atoms with Crippen LogP contribution in [0, 0.1) is 11.8 Å². The molecule has 2 amide bonds. The molecule has 0 saturated carbocycles. The zero-order valence-electron chi connectivity index (χ0n) is 25.7. The Morgan fingerprint density at radius 1 is 1.05 bits per heavy atom. The molecule has 0 bridgehead atoms. The number of amides is 2. The van der Waals surface area contributed by atoms with Crippen LogP contribution in [0.4, 0.5) is 10.5 Å². The number of nitrogens with zero attached hydrogens (tertiary/aromatic N) is 2. The number of ether oxygens (including phenoxy) is 5. The second-order valence-corrected chi connectivity index (χ2v) is 11.7. The predicted molar refractivity (Wildman–Crippen MR) is 165 cm³/mol. The van der Waals surface area contributed by atoms with Gasteiger partial charge in [0, 0.05) is 64.3 Å². The highest BCUT2D eigenvalue weighted by Gasteiger charge is 2.41. The smallest absolute Gasteiger partial charge is 0.407 e. The van der Waals surface area contributed by atoms with Crippen LogP contribution in [0.3, 0.4) is 0 Å². The van der Waals surface area contributed by atoms with Crippen LogP contribution in [0.2, 0.25) is 0 Å². The van der Waals surface area contributed by atoms with Crippen LogP contribution < -0.4 is 19.7 Å². The van der Waals surface area contributed by atoms with Crippen molar-refractivity contribution in [3.8, 4) is 11.5 Å². The first-order valence-corrected chi connectivity index (χ1v) is 15.5. The number of nitrogens with one attached hydrogen (secondary N) is 1. The highest BCUT2D eigenvalue weighted by atomic mass is 16.5. The van der Waals surface area contributed by atoms with Crippen molar-refractivity contribution in [1.29, 1.82) is 0 Å². The summed E-state index contributed by atoms with van der Waals surface area (Å²) in [6, 6.07) is 13.9. The summed E-state index contributed by atoms with van der Waals surface area (Å²) in [5.41, 5.74) is 3.04. The predicted octanol–water partition coefficient (Wildman–Crippen LogP) is 3.75. The average Bonchev–Trinajstić information content (AvgIpc) is 3.06. The van der Waals surface area contributed by atoms with Gasteiger partial charge in [-0.2, -0.15) is 0 Å². The third-order valence-electron chi connectivity index (χ3n) is 8.89. The molecule has 44 heavy (non-hydrogen) atoms. The van der Waals surface area contributed by atoms with Gasteiger partial charge in [0.1, 0.15) is 18.1 Å². The van der Waals surface area contributed by atoms with E-state index in [1.807, 2.05) is 36.4 Å². The van der Waals surface area contributed by atoms with E-state index in [0.717, 1.165) is 47.8 Å². The van der Waals surface area contributed by atoms with Crippen molar-refractivity contribution < 1.29 is 38.4 Å². The van der Waals surface area contributed by atoms with Crippen molar-refractivity contribution in [3.63, 3.8) is 0 Å². The van der Waals surface area contributed by atoms with Gasteiger partial charge in [0.25, 0.3) is 0 Å². The molecule has 2 fully saturated rings. The Kier molecular flexibility index (Phi) is 11.2. The molecule has 11 heteroatoms. The molecule has 0 aliphatic carbocycles. The van der Waals surface area contributed by atoms with E-state index in [0.29, 0.717) is 59.0 Å². The minimum absolute atomic E-state index is 0.00182. The summed E-state index contributed by atoms with van der Waals surface area (Å²) in [5.74, 6) is 1.18. The highest BCUT2D eigenvalue weighted by Crippen LogP contribution is 2.37. The van der Waals surface area contributed by atoms with Crippen LogP contribution in [-0.2, 0) is 25.6 Å². The standard InChI is InChI=1S/C33H45N3O8/c1-40-14-3-12-35-13-17-43-29-9-4-23(18-28(29)35)22-44-30-21-36(33(38)39)20-26(19-34-32(37)25-10-15-42-16-11-25)31(30)24-5-7-27(41-2)8-6-24/h4-9,18,25-26,30-31H,3,10-17,19-22H2,1-2H3,(H,34,37)(H,38,39)/t26-,30+,31+/m1/s1. The molecule has 11 nitrogen and oxygen atoms in total. The van der Waals surface area contributed by atoms with Crippen LogP contribution in [-0.4, -0.2) is 101 Å². The summed E-state index contributed by atoms with van der Waals surface area (Å²) in [4.78, 5) is 29.0. The van der Waals surface area contributed by atoms with Crippen molar-refractivity contribution in [3.05, 3.63) is 53.6 Å².